The Morgan fingerprint density at radius 3 is 2.17 bits per heavy atom. The van der Waals surface area contributed by atoms with Crippen molar-refractivity contribution in [2.75, 3.05) is 35.1 Å². The van der Waals surface area contributed by atoms with Gasteiger partial charge in [0.1, 0.15) is 6.54 Å². The number of nitrogens with one attached hydrogen (secondary N) is 2. The Hall–Kier alpha value is -3.85. The molecule has 0 unspecified atom stereocenters. The average molecular weight is 623 g/mol. The van der Waals surface area contributed by atoms with Crippen LogP contribution in [0.4, 0.5) is 16.5 Å². The number of sulfonamides is 2. The second kappa shape index (κ2) is 12.1. The van der Waals surface area contributed by atoms with Crippen LogP contribution in [0.3, 0.4) is 0 Å². The molecule has 210 valence electrons. The standard InChI is InChI=1S/C25H23ClN4O7S3/c1-36-22-12-11-21(15-23(22)37-2)40(34,35)30(19-7-3-17(26)4-8-19)16-24(31)28-18-5-9-20(10-6-18)39(32,33)29-25-27-13-14-38-25/h3-15H,16H2,1-2H3,(H,27,29)(H,28,31). The molecule has 0 bridgehead atoms. The van der Waals surface area contributed by atoms with Crippen molar-refractivity contribution >= 4 is 65.4 Å². The Bertz CT molecular complexity index is 1700. The highest BCUT2D eigenvalue weighted by atomic mass is 35.5. The number of hydrogen-bond donors (Lipinski definition) is 2. The van der Waals surface area contributed by atoms with Crippen molar-refractivity contribution in [2.24, 2.45) is 0 Å². The predicted molar refractivity (Wildman–Crippen MR) is 154 cm³/mol. The Morgan fingerprint density at radius 2 is 1.57 bits per heavy atom. The Balaban J connectivity index is 1.57. The van der Waals surface area contributed by atoms with Gasteiger partial charge in [0.15, 0.2) is 16.6 Å². The van der Waals surface area contributed by atoms with Crippen molar-refractivity contribution in [3.05, 3.63) is 83.3 Å². The summed E-state index contributed by atoms with van der Waals surface area (Å²) in [5.41, 5.74) is 0.460. The van der Waals surface area contributed by atoms with Crippen LogP contribution in [0.2, 0.25) is 5.02 Å². The smallest absolute Gasteiger partial charge is 0.264 e. The van der Waals surface area contributed by atoms with Crippen LogP contribution < -0.4 is 23.8 Å². The molecule has 0 saturated carbocycles. The Kier molecular flexibility index (Phi) is 8.83. The molecule has 0 aliphatic heterocycles. The summed E-state index contributed by atoms with van der Waals surface area (Å²) >= 11 is 7.12. The number of amides is 1. The number of rotatable bonds is 11. The second-order valence-electron chi connectivity index (χ2n) is 8.02. The molecule has 15 heteroatoms. The van der Waals surface area contributed by atoms with Crippen LogP contribution in [0.5, 0.6) is 11.5 Å². The number of thiazole rings is 1. The number of carbonyl (C=O) groups is 1. The fraction of sp³-hybridized carbons (Fsp3) is 0.120. The van der Waals surface area contributed by atoms with Crippen molar-refractivity contribution < 1.29 is 31.1 Å². The third-order valence-electron chi connectivity index (χ3n) is 5.45. The van der Waals surface area contributed by atoms with Gasteiger partial charge in [-0.25, -0.2) is 21.8 Å². The fourth-order valence-corrected chi connectivity index (χ4v) is 6.87. The van der Waals surface area contributed by atoms with E-state index in [1.807, 2.05) is 0 Å². The van der Waals surface area contributed by atoms with Gasteiger partial charge in [-0.2, -0.15) is 0 Å². The summed E-state index contributed by atoms with van der Waals surface area (Å²) in [6, 6.07) is 15.5. The number of aromatic nitrogens is 1. The number of methoxy groups -OCH3 is 2. The minimum absolute atomic E-state index is 0.0421. The van der Waals surface area contributed by atoms with Gasteiger partial charge in [-0.1, -0.05) is 11.6 Å². The summed E-state index contributed by atoms with van der Waals surface area (Å²) in [5, 5.41) is 4.84. The highest BCUT2D eigenvalue weighted by Crippen LogP contribution is 2.32. The molecule has 4 aromatic rings. The first-order valence-corrected chi connectivity index (χ1v) is 15.5. The van der Waals surface area contributed by atoms with E-state index in [4.69, 9.17) is 21.1 Å². The Labute approximate surface area is 240 Å². The molecule has 0 aliphatic carbocycles. The van der Waals surface area contributed by atoms with Crippen molar-refractivity contribution in [3.8, 4) is 11.5 Å². The van der Waals surface area contributed by atoms with Crippen LogP contribution in [-0.4, -0.2) is 48.5 Å². The van der Waals surface area contributed by atoms with Gasteiger partial charge >= 0.3 is 0 Å². The van der Waals surface area contributed by atoms with Crippen molar-refractivity contribution in [1.29, 1.82) is 0 Å². The summed E-state index contributed by atoms with van der Waals surface area (Å²) in [7, 11) is -5.34. The average Bonchev–Trinajstić information content (AvgIpc) is 3.44. The maximum absolute atomic E-state index is 13.7. The van der Waals surface area contributed by atoms with E-state index in [0.717, 1.165) is 15.6 Å². The fourth-order valence-electron chi connectivity index (χ4n) is 3.52. The minimum atomic E-state index is -4.26. The predicted octanol–water partition coefficient (Wildman–Crippen LogP) is 4.45. The summed E-state index contributed by atoms with van der Waals surface area (Å²) in [4.78, 5) is 16.8. The van der Waals surface area contributed by atoms with Gasteiger partial charge in [-0.05, 0) is 60.7 Å². The summed E-state index contributed by atoms with van der Waals surface area (Å²) in [6.07, 6.45) is 1.47. The molecule has 3 aromatic carbocycles. The molecule has 0 saturated heterocycles. The van der Waals surface area contributed by atoms with E-state index in [1.165, 1.54) is 87.1 Å². The molecule has 40 heavy (non-hydrogen) atoms. The Morgan fingerprint density at radius 1 is 0.925 bits per heavy atom. The highest BCUT2D eigenvalue weighted by molar-refractivity contribution is 7.93. The van der Waals surface area contributed by atoms with Crippen LogP contribution in [0.25, 0.3) is 0 Å². The van der Waals surface area contributed by atoms with E-state index in [0.29, 0.717) is 10.8 Å². The number of hydrogen-bond acceptors (Lipinski definition) is 9. The van der Waals surface area contributed by atoms with E-state index >= 15 is 0 Å². The van der Waals surface area contributed by atoms with Crippen molar-refractivity contribution in [2.45, 2.75) is 9.79 Å². The SMILES string of the molecule is COc1ccc(S(=O)(=O)N(CC(=O)Nc2ccc(S(=O)(=O)Nc3nccs3)cc2)c2ccc(Cl)cc2)cc1OC. The monoisotopic (exact) mass is 622 g/mol. The van der Waals surface area contributed by atoms with E-state index in [-0.39, 0.29) is 32.0 Å². The van der Waals surface area contributed by atoms with Gasteiger partial charge in [-0.3, -0.25) is 13.8 Å². The molecule has 11 nitrogen and oxygen atoms in total. The quantitative estimate of drug-likeness (QED) is 0.250. The van der Waals surface area contributed by atoms with E-state index in [9.17, 15) is 21.6 Å². The molecule has 0 aliphatic rings. The normalized spacial score (nSPS) is 11.5. The van der Waals surface area contributed by atoms with E-state index < -0.39 is 32.5 Å². The molecular formula is C25H23ClN4O7S3. The van der Waals surface area contributed by atoms with Crippen LogP contribution in [-0.2, 0) is 24.8 Å². The molecular weight excluding hydrogens is 600 g/mol. The number of nitrogens with zero attached hydrogens (tertiary/aromatic N) is 2. The maximum Gasteiger partial charge on any atom is 0.264 e. The third-order valence-corrected chi connectivity index (χ3v) is 9.64. The lowest BCUT2D eigenvalue weighted by atomic mass is 10.3. The first kappa shape index (κ1) is 29.1. The van der Waals surface area contributed by atoms with Crippen molar-refractivity contribution in [3.63, 3.8) is 0 Å². The summed E-state index contributed by atoms with van der Waals surface area (Å²) < 4.78 is 66.2. The lowest BCUT2D eigenvalue weighted by Gasteiger charge is -2.24. The molecule has 0 fully saturated rings. The van der Waals surface area contributed by atoms with Crippen molar-refractivity contribution in [1.82, 2.24) is 4.98 Å². The largest absolute Gasteiger partial charge is 0.493 e. The molecule has 1 heterocycles. The lowest BCUT2D eigenvalue weighted by molar-refractivity contribution is -0.114. The second-order valence-corrected chi connectivity index (χ2v) is 12.9. The molecule has 1 amide bonds. The van der Waals surface area contributed by atoms with Crippen LogP contribution in [0.15, 0.2) is 88.1 Å². The zero-order valence-corrected chi connectivity index (χ0v) is 24.3. The summed E-state index contributed by atoms with van der Waals surface area (Å²) in [5.74, 6) is -0.136. The van der Waals surface area contributed by atoms with Gasteiger partial charge in [0.2, 0.25) is 5.91 Å². The first-order chi connectivity index (χ1) is 19.0. The zero-order valence-electron chi connectivity index (χ0n) is 21.1. The van der Waals surface area contributed by atoms with E-state index in [2.05, 4.69) is 15.0 Å². The van der Waals surface area contributed by atoms with E-state index in [1.54, 1.807) is 5.38 Å². The van der Waals surface area contributed by atoms with Gasteiger partial charge in [0, 0.05) is 28.4 Å². The number of carbonyl (C=O) groups excluding carboxylic acids is 1. The van der Waals surface area contributed by atoms with Crippen LogP contribution in [0.1, 0.15) is 0 Å². The molecule has 2 N–H and O–H groups in total. The number of halogens is 1. The van der Waals surface area contributed by atoms with Gasteiger partial charge in [0.25, 0.3) is 20.0 Å². The lowest BCUT2D eigenvalue weighted by Crippen LogP contribution is -2.38. The van der Waals surface area contributed by atoms with Gasteiger partial charge in [0.05, 0.1) is 29.7 Å². The van der Waals surface area contributed by atoms with Crippen LogP contribution >= 0.6 is 22.9 Å². The zero-order chi connectivity index (χ0) is 28.9. The molecule has 0 radical (unpaired) electrons. The number of anilines is 3. The minimum Gasteiger partial charge on any atom is -0.493 e. The van der Waals surface area contributed by atoms with Crippen LogP contribution in [0, 0.1) is 0 Å². The topological polar surface area (TPSA) is 144 Å². The summed E-state index contributed by atoms with van der Waals surface area (Å²) in [6.45, 7) is -0.593. The molecule has 4 rings (SSSR count). The maximum atomic E-state index is 13.7. The highest BCUT2D eigenvalue weighted by Gasteiger charge is 2.28. The van der Waals surface area contributed by atoms with Gasteiger partial charge < -0.3 is 14.8 Å². The molecule has 1 aromatic heterocycles. The van der Waals surface area contributed by atoms with Gasteiger partial charge in [-0.15, -0.1) is 11.3 Å². The molecule has 0 spiro atoms. The number of ether oxygens (including phenoxy) is 2. The third kappa shape index (κ3) is 6.65. The first-order valence-electron chi connectivity index (χ1n) is 11.4. The molecule has 0 atom stereocenters. The number of benzene rings is 3.